The molecule has 5 heteroatoms. The Morgan fingerprint density at radius 2 is 1.91 bits per heavy atom. The van der Waals surface area contributed by atoms with Crippen LogP contribution in [0.15, 0.2) is 36.4 Å². The Hall–Kier alpha value is -2.43. The molecular weight excluding hydrogens is 288 g/mol. The molecule has 0 unspecified atom stereocenters. The summed E-state index contributed by atoms with van der Waals surface area (Å²) in [5.41, 5.74) is 2.28. The van der Waals surface area contributed by atoms with E-state index in [9.17, 15) is 4.79 Å². The highest BCUT2D eigenvalue weighted by molar-refractivity contribution is 5.92. The lowest BCUT2D eigenvalue weighted by Gasteiger charge is -2.22. The number of anilines is 2. The third-order valence-electron chi connectivity index (χ3n) is 3.28. The largest absolute Gasteiger partial charge is 0.346 e. The number of aromatic nitrogens is 2. The predicted molar refractivity (Wildman–Crippen MR) is 93.1 cm³/mol. The molecular formula is C18H24N4O. The first-order chi connectivity index (χ1) is 10.8. The van der Waals surface area contributed by atoms with Crippen molar-refractivity contribution >= 4 is 17.4 Å². The van der Waals surface area contributed by atoms with Gasteiger partial charge in [-0.3, -0.25) is 4.79 Å². The monoisotopic (exact) mass is 312 g/mol. The van der Waals surface area contributed by atoms with Crippen LogP contribution in [0.5, 0.6) is 0 Å². The highest BCUT2D eigenvalue weighted by atomic mass is 16.2. The topological polar surface area (TPSA) is 58.1 Å². The minimum atomic E-state index is -0.297. The van der Waals surface area contributed by atoms with Gasteiger partial charge in [0.2, 0.25) is 0 Å². The standard InChI is InChI=1S/C18H24N4O/c1-6-22(14-9-7-8-13(2)12-14)16-11-10-15(20-21-16)17(23)19-18(3,4)5/h7-12H,6H2,1-5H3,(H,19,23). The molecule has 5 nitrogen and oxygen atoms in total. The molecule has 0 aliphatic heterocycles. The van der Waals surface area contributed by atoms with Crippen molar-refractivity contribution < 1.29 is 4.79 Å². The molecule has 1 aromatic carbocycles. The van der Waals surface area contributed by atoms with Crippen LogP contribution in [0.4, 0.5) is 11.5 Å². The number of nitrogens with zero attached hydrogens (tertiary/aromatic N) is 3. The van der Waals surface area contributed by atoms with E-state index in [0.717, 1.165) is 18.1 Å². The molecule has 122 valence electrons. The first-order valence-electron chi connectivity index (χ1n) is 7.80. The molecule has 0 aliphatic carbocycles. The van der Waals surface area contributed by atoms with E-state index >= 15 is 0 Å². The van der Waals surface area contributed by atoms with Crippen LogP contribution in [0.2, 0.25) is 0 Å². The van der Waals surface area contributed by atoms with Crippen LogP contribution in [0.25, 0.3) is 0 Å². The zero-order valence-electron chi connectivity index (χ0n) is 14.4. The number of carbonyl (C=O) groups excluding carboxylic acids is 1. The highest BCUT2D eigenvalue weighted by Gasteiger charge is 2.17. The molecule has 2 rings (SSSR count). The Bertz CT molecular complexity index is 674. The average Bonchev–Trinajstić information content (AvgIpc) is 2.47. The lowest BCUT2D eigenvalue weighted by Crippen LogP contribution is -2.41. The normalized spacial score (nSPS) is 11.2. The second-order valence-corrected chi connectivity index (χ2v) is 6.56. The van der Waals surface area contributed by atoms with Crippen molar-refractivity contribution in [1.82, 2.24) is 15.5 Å². The zero-order valence-corrected chi connectivity index (χ0v) is 14.4. The second-order valence-electron chi connectivity index (χ2n) is 6.56. The Morgan fingerprint density at radius 3 is 2.43 bits per heavy atom. The van der Waals surface area contributed by atoms with E-state index in [2.05, 4.69) is 46.4 Å². The maximum Gasteiger partial charge on any atom is 0.272 e. The summed E-state index contributed by atoms with van der Waals surface area (Å²) in [5.74, 6) is 0.514. The average molecular weight is 312 g/mol. The van der Waals surface area contributed by atoms with Gasteiger partial charge in [0.05, 0.1) is 0 Å². The van der Waals surface area contributed by atoms with Crippen molar-refractivity contribution in [1.29, 1.82) is 0 Å². The quantitative estimate of drug-likeness (QED) is 0.939. The third-order valence-corrected chi connectivity index (χ3v) is 3.28. The van der Waals surface area contributed by atoms with Gasteiger partial charge < -0.3 is 10.2 Å². The molecule has 1 N–H and O–H groups in total. The van der Waals surface area contributed by atoms with Gasteiger partial charge in [-0.25, -0.2) is 0 Å². The number of nitrogens with one attached hydrogen (secondary N) is 1. The van der Waals surface area contributed by atoms with Crippen LogP contribution >= 0.6 is 0 Å². The molecule has 1 heterocycles. The van der Waals surface area contributed by atoms with Crippen molar-refractivity contribution in [2.75, 3.05) is 11.4 Å². The number of aryl methyl sites for hydroxylation is 1. The number of hydrogen-bond donors (Lipinski definition) is 1. The van der Waals surface area contributed by atoms with E-state index < -0.39 is 0 Å². The van der Waals surface area contributed by atoms with E-state index in [-0.39, 0.29) is 11.4 Å². The summed E-state index contributed by atoms with van der Waals surface area (Å²) >= 11 is 0. The Labute approximate surface area is 137 Å². The van der Waals surface area contributed by atoms with Crippen LogP contribution in [-0.4, -0.2) is 28.2 Å². The SMILES string of the molecule is CCN(c1cccc(C)c1)c1ccc(C(=O)NC(C)(C)C)nn1. The first kappa shape index (κ1) is 16.9. The van der Waals surface area contributed by atoms with Crippen LogP contribution in [-0.2, 0) is 0 Å². The molecule has 2 aromatic rings. The summed E-state index contributed by atoms with van der Waals surface area (Å²) in [6.07, 6.45) is 0. The molecule has 1 aromatic heterocycles. The zero-order chi connectivity index (χ0) is 17.0. The molecule has 0 saturated heterocycles. The summed E-state index contributed by atoms with van der Waals surface area (Å²) in [4.78, 5) is 14.2. The van der Waals surface area contributed by atoms with Crippen LogP contribution in [0.1, 0.15) is 43.7 Å². The number of hydrogen-bond acceptors (Lipinski definition) is 4. The van der Waals surface area contributed by atoms with E-state index in [1.165, 1.54) is 5.56 Å². The Balaban J connectivity index is 2.22. The lowest BCUT2D eigenvalue weighted by molar-refractivity contribution is 0.0913. The summed E-state index contributed by atoms with van der Waals surface area (Å²) in [6.45, 7) is 10.7. The predicted octanol–water partition coefficient (Wildman–Crippen LogP) is 3.47. The van der Waals surface area contributed by atoms with Crippen molar-refractivity contribution in [2.24, 2.45) is 0 Å². The van der Waals surface area contributed by atoms with E-state index in [0.29, 0.717) is 5.69 Å². The molecule has 23 heavy (non-hydrogen) atoms. The van der Waals surface area contributed by atoms with E-state index in [4.69, 9.17) is 0 Å². The molecule has 0 bridgehead atoms. The molecule has 1 amide bonds. The highest BCUT2D eigenvalue weighted by Crippen LogP contribution is 2.23. The number of benzene rings is 1. The molecule has 0 atom stereocenters. The summed E-state index contributed by atoms with van der Waals surface area (Å²) < 4.78 is 0. The molecule has 0 fully saturated rings. The van der Waals surface area contributed by atoms with Gasteiger partial charge in [-0.1, -0.05) is 12.1 Å². The maximum absolute atomic E-state index is 12.1. The summed E-state index contributed by atoms with van der Waals surface area (Å²) in [6, 6.07) is 11.8. The van der Waals surface area contributed by atoms with Crippen molar-refractivity contribution in [3.63, 3.8) is 0 Å². The summed E-state index contributed by atoms with van der Waals surface area (Å²) in [7, 11) is 0. The van der Waals surface area contributed by atoms with Crippen LogP contribution < -0.4 is 10.2 Å². The van der Waals surface area contributed by atoms with Gasteiger partial charge in [0.25, 0.3) is 5.91 Å². The minimum absolute atomic E-state index is 0.213. The molecule has 0 spiro atoms. The Morgan fingerprint density at radius 1 is 1.17 bits per heavy atom. The smallest absolute Gasteiger partial charge is 0.272 e. The fourth-order valence-corrected chi connectivity index (χ4v) is 2.27. The van der Waals surface area contributed by atoms with Crippen molar-refractivity contribution in [3.8, 4) is 0 Å². The van der Waals surface area contributed by atoms with Gasteiger partial charge in [-0.15, -0.1) is 10.2 Å². The Kier molecular flexibility index (Phi) is 4.98. The number of amides is 1. The molecule has 0 aliphatic rings. The third kappa shape index (κ3) is 4.52. The lowest BCUT2D eigenvalue weighted by atomic mass is 10.1. The molecule has 0 saturated carbocycles. The fraction of sp³-hybridized carbons (Fsp3) is 0.389. The van der Waals surface area contributed by atoms with Crippen LogP contribution in [0, 0.1) is 6.92 Å². The molecule has 0 radical (unpaired) electrons. The minimum Gasteiger partial charge on any atom is -0.346 e. The fourth-order valence-electron chi connectivity index (χ4n) is 2.27. The van der Waals surface area contributed by atoms with Gasteiger partial charge in [0, 0.05) is 17.8 Å². The maximum atomic E-state index is 12.1. The van der Waals surface area contributed by atoms with Gasteiger partial charge in [-0.05, 0) is 64.4 Å². The van der Waals surface area contributed by atoms with Gasteiger partial charge in [0.15, 0.2) is 11.5 Å². The first-order valence-corrected chi connectivity index (χ1v) is 7.80. The van der Waals surface area contributed by atoms with Gasteiger partial charge >= 0.3 is 0 Å². The van der Waals surface area contributed by atoms with Crippen LogP contribution in [0.3, 0.4) is 0 Å². The van der Waals surface area contributed by atoms with Crippen molar-refractivity contribution in [3.05, 3.63) is 47.7 Å². The van der Waals surface area contributed by atoms with E-state index in [1.54, 1.807) is 6.07 Å². The van der Waals surface area contributed by atoms with E-state index in [1.807, 2.05) is 39.0 Å². The van der Waals surface area contributed by atoms with Crippen molar-refractivity contribution in [2.45, 2.75) is 40.2 Å². The van der Waals surface area contributed by atoms with Gasteiger partial charge in [0.1, 0.15) is 0 Å². The number of carbonyl (C=O) groups is 1. The summed E-state index contributed by atoms with van der Waals surface area (Å²) in [5, 5.41) is 11.2. The second kappa shape index (κ2) is 6.77. The number of rotatable bonds is 4. The van der Waals surface area contributed by atoms with Gasteiger partial charge in [-0.2, -0.15) is 0 Å².